The second-order valence-electron chi connectivity index (χ2n) is 11.4. The summed E-state index contributed by atoms with van der Waals surface area (Å²) in [6.45, 7) is 4.38. The average Bonchev–Trinajstić information content (AvgIpc) is 3.27. The van der Waals surface area contributed by atoms with Gasteiger partial charge in [-0.2, -0.15) is 0 Å². The third-order valence-corrected chi connectivity index (χ3v) is 9.44. The van der Waals surface area contributed by atoms with Crippen molar-refractivity contribution < 1.29 is 29.0 Å². The van der Waals surface area contributed by atoms with Crippen LogP contribution in [0.2, 0.25) is 0 Å². The summed E-state index contributed by atoms with van der Waals surface area (Å²) in [6, 6.07) is -1.34. The largest absolute Gasteiger partial charge is 0.465 e. The fourth-order valence-electron chi connectivity index (χ4n) is 7.52. The van der Waals surface area contributed by atoms with Crippen molar-refractivity contribution >= 4 is 17.8 Å². The van der Waals surface area contributed by atoms with E-state index in [4.69, 9.17) is 9.47 Å². The number of hydrogen-bond acceptors (Lipinski definition) is 6. The number of amides is 2. The van der Waals surface area contributed by atoms with Crippen LogP contribution in [0.15, 0.2) is 24.3 Å². The molecular formula is C29H42N2O6. The Kier molecular flexibility index (Phi) is 7.51. The van der Waals surface area contributed by atoms with Crippen LogP contribution in [0, 0.1) is 11.8 Å². The van der Waals surface area contributed by atoms with Crippen LogP contribution in [-0.4, -0.2) is 81.8 Å². The van der Waals surface area contributed by atoms with Gasteiger partial charge in [0.1, 0.15) is 23.2 Å². The monoisotopic (exact) mass is 514 g/mol. The highest BCUT2D eigenvalue weighted by molar-refractivity contribution is 5.99. The Labute approximate surface area is 220 Å². The second-order valence-corrected chi connectivity index (χ2v) is 11.4. The predicted molar refractivity (Wildman–Crippen MR) is 137 cm³/mol. The number of fused-ring (bicyclic) bond motifs is 2. The van der Waals surface area contributed by atoms with Gasteiger partial charge in [0.2, 0.25) is 11.8 Å². The minimum Gasteiger partial charge on any atom is -0.465 e. The van der Waals surface area contributed by atoms with Crippen LogP contribution in [0.25, 0.3) is 0 Å². The van der Waals surface area contributed by atoms with E-state index in [1.165, 1.54) is 6.42 Å². The van der Waals surface area contributed by atoms with Crippen LogP contribution in [0.1, 0.15) is 78.1 Å². The summed E-state index contributed by atoms with van der Waals surface area (Å²) in [6.07, 6.45) is 16.6. The first-order valence-electron chi connectivity index (χ1n) is 14.4. The molecule has 0 aromatic rings. The van der Waals surface area contributed by atoms with Crippen molar-refractivity contribution in [2.75, 3.05) is 19.8 Å². The SMILES string of the molecule is CC[C@@H](CO)N1C(=O)[C@@H]2[C@H]3C(=O)OCCCC/C=C\[C@@]3(CC)O[C@@]23C=CCN(C2CCCCC2)C(=O)C13. The molecule has 204 valence electrons. The van der Waals surface area contributed by atoms with Crippen LogP contribution >= 0.6 is 0 Å². The van der Waals surface area contributed by atoms with Gasteiger partial charge in [0.25, 0.3) is 0 Å². The first-order chi connectivity index (χ1) is 17.9. The van der Waals surface area contributed by atoms with Crippen molar-refractivity contribution in [3.63, 3.8) is 0 Å². The first kappa shape index (κ1) is 26.4. The molecule has 5 aliphatic rings. The highest BCUT2D eigenvalue weighted by atomic mass is 16.6. The zero-order valence-corrected chi connectivity index (χ0v) is 22.3. The van der Waals surface area contributed by atoms with Crippen LogP contribution in [0.5, 0.6) is 0 Å². The number of hydrogen-bond donors (Lipinski definition) is 1. The van der Waals surface area contributed by atoms with Crippen LogP contribution in [-0.2, 0) is 23.9 Å². The van der Waals surface area contributed by atoms with Crippen molar-refractivity contribution in [2.45, 2.75) is 107 Å². The lowest BCUT2D eigenvalue weighted by Gasteiger charge is -2.42. The number of allylic oxidation sites excluding steroid dienone is 1. The van der Waals surface area contributed by atoms with E-state index in [9.17, 15) is 19.5 Å². The zero-order valence-electron chi connectivity index (χ0n) is 22.3. The van der Waals surface area contributed by atoms with Gasteiger partial charge in [-0.05, 0) is 44.9 Å². The molecule has 1 saturated carbocycles. The molecule has 1 spiro atoms. The fraction of sp³-hybridized carbons (Fsp3) is 0.759. The lowest BCUT2D eigenvalue weighted by molar-refractivity contribution is -0.164. The molecule has 8 heteroatoms. The molecule has 0 aromatic carbocycles. The molecule has 8 nitrogen and oxygen atoms in total. The van der Waals surface area contributed by atoms with Gasteiger partial charge >= 0.3 is 5.97 Å². The van der Waals surface area contributed by atoms with E-state index in [2.05, 4.69) is 6.08 Å². The maximum absolute atomic E-state index is 14.5. The van der Waals surface area contributed by atoms with Crippen molar-refractivity contribution in [1.29, 1.82) is 0 Å². The Bertz CT molecular complexity index is 954. The summed E-state index contributed by atoms with van der Waals surface area (Å²) < 4.78 is 12.7. The summed E-state index contributed by atoms with van der Waals surface area (Å²) in [7, 11) is 0. The first-order valence-corrected chi connectivity index (χ1v) is 14.4. The molecule has 5 rings (SSSR count). The van der Waals surface area contributed by atoms with Gasteiger partial charge in [-0.25, -0.2) is 0 Å². The Morgan fingerprint density at radius 3 is 2.49 bits per heavy atom. The van der Waals surface area contributed by atoms with E-state index < -0.39 is 41.1 Å². The summed E-state index contributed by atoms with van der Waals surface area (Å²) in [5.41, 5.74) is -2.33. The molecule has 4 aliphatic heterocycles. The molecule has 1 unspecified atom stereocenters. The van der Waals surface area contributed by atoms with E-state index in [0.717, 1.165) is 44.9 Å². The molecule has 1 aliphatic carbocycles. The number of ether oxygens (including phenoxy) is 2. The van der Waals surface area contributed by atoms with Gasteiger partial charge in [-0.3, -0.25) is 14.4 Å². The van der Waals surface area contributed by atoms with Gasteiger partial charge in [-0.1, -0.05) is 57.4 Å². The lowest BCUT2D eigenvalue weighted by atomic mass is 9.73. The highest BCUT2D eigenvalue weighted by Crippen LogP contribution is 2.58. The van der Waals surface area contributed by atoms with Gasteiger partial charge in [0, 0.05) is 12.6 Å². The van der Waals surface area contributed by atoms with Crippen molar-refractivity contribution in [3.8, 4) is 0 Å². The van der Waals surface area contributed by atoms with E-state index in [-0.39, 0.29) is 24.5 Å². The van der Waals surface area contributed by atoms with Gasteiger partial charge in [-0.15, -0.1) is 0 Å². The van der Waals surface area contributed by atoms with Crippen LogP contribution < -0.4 is 0 Å². The number of likely N-dealkylation sites (tertiary alicyclic amines) is 1. The number of aliphatic hydroxyl groups excluding tert-OH is 1. The standard InChI is InChI=1S/C29H42N2O6/c1-3-20(19-32)31-24-26(34)30(21-13-8-7-9-14-21)17-12-16-29(24)22(25(31)33)23-27(35)36-18-11-6-5-10-15-28(23,4-2)37-29/h10,12,15-16,20-24,32H,3-9,11,13-14,17-19H2,1-2H3/b15-10-/t20-,22-,23-,24?,28+,29-/m0/s1. The Morgan fingerprint density at radius 1 is 1.00 bits per heavy atom. The summed E-state index contributed by atoms with van der Waals surface area (Å²) in [4.78, 5) is 46.0. The van der Waals surface area contributed by atoms with Gasteiger partial charge in [0.05, 0.1) is 25.2 Å². The van der Waals surface area contributed by atoms with Crippen molar-refractivity contribution in [3.05, 3.63) is 24.3 Å². The summed E-state index contributed by atoms with van der Waals surface area (Å²) in [5.74, 6) is -2.61. The summed E-state index contributed by atoms with van der Waals surface area (Å²) >= 11 is 0. The molecule has 0 radical (unpaired) electrons. The number of aliphatic hydroxyl groups is 1. The summed E-state index contributed by atoms with van der Waals surface area (Å²) in [5, 5.41) is 10.3. The van der Waals surface area contributed by atoms with Crippen molar-refractivity contribution in [2.24, 2.45) is 11.8 Å². The maximum atomic E-state index is 14.5. The molecular weight excluding hydrogens is 472 g/mol. The minimum absolute atomic E-state index is 0.123. The number of nitrogens with zero attached hydrogens (tertiary/aromatic N) is 2. The number of esters is 1. The number of cyclic esters (lactones) is 1. The molecule has 2 amide bonds. The molecule has 3 fully saturated rings. The Morgan fingerprint density at radius 2 is 1.78 bits per heavy atom. The Hall–Kier alpha value is -2.19. The number of carbonyl (C=O) groups excluding carboxylic acids is 3. The molecule has 2 saturated heterocycles. The minimum atomic E-state index is -1.29. The van der Waals surface area contributed by atoms with Crippen LogP contribution in [0.4, 0.5) is 0 Å². The van der Waals surface area contributed by atoms with Gasteiger partial charge in [0.15, 0.2) is 0 Å². The van der Waals surface area contributed by atoms with Gasteiger partial charge < -0.3 is 24.4 Å². The van der Waals surface area contributed by atoms with Crippen molar-refractivity contribution in [1.82, 2.24) is 9.80 Å². The molecule has 0 bridgehead atoms. The smallest absolute Gasteiger partial charge is 0.313 e. The van der Waals surface area contributed by atoms with E-state index >= 15 is 0 Å². The maximum Gasteiger partial charge on any atom is 0.313 e. The predicted octanol–water partition coefficient (Wildman–Crippen LogP) is 3.13. The topological polar surface area (TPSA) is 96.4 Å². The zero-order chi connectivity index (χ0) is 26.2. The Balaban J connectivity index is 1.65. The molecule has 6 atom stereocenters. The molecule has 4 heterocycles. The second kappa shape index (κ2) is 10.5. The number of rotatable bonds is 5. The molecule has 37 heavy (non-hydrogen) atoms. The lowest BCUT2D eigenvalue weighted by Crippen LogP contribution is -2.60. The molecule has 0 aromatic heterocycles. The quantitative estimate of drug-likeness (QED) is 0.447. The van der Waals surface area contributed by atoms with Crippen LogP contribution in [0.3, 0.4) is 0 Å². The third-order valence-electron chi connectivity index (χ3n) is 9.44. The average molecular weight is 515 g/mol. The van der Waals surface area contributed by atoms with E-state index in [1.807, 2.05) is 37.0 Å². The molecule has 1 N–H and O–H groups in total. The number of carbonyl (C=O) groups is 3. The van der Waals surface area contributed by atoms with E-state index in [0.29, 0.717) is 26.0 Å². The normalized spacial score (nSPS) is 38.5. The third kappa shape index (κ3) is 4.15. The highest BCUT2D eigenvalue weighted by Gasteiger charge is 2.75. The fourth-order valence-corrected chi connectivity index (χ4v) is 7.52. The van der Waals surface area contributed by atoms with E-state index in [1.54, 1.807) is 4.90 Å².